The maximum Gasteiger partial charge on any atom is 0.0725 e. The van der Waals surface area contributed by atoms with E-state index in [1.807, 2.05) is 54.6 Å². The van der Waals surface area contributed by atoms with Crippen LogP contribution in [0.1, 0.15) is 111 Å². The van der Waals surface area contributed by atoms with Crippen molar-refractivity contribution in [3.63, 3.8) is 0 Å². The molecule has 2 nitrogen and oxygen atoms in total. The van der Waals surface area contributed by atoms with Gasteiger partial charge in [0, 0.05) is 32.9 Å². The molecule has 0 atom stereocenters. The van der Waals surface area contributed by atoms with Crippen molar-refractivity contribution >= 4 is 43.6 Å². The van der Waals surface area contributed by atoms with Crippen molar-refractivity contribution in [2.45, 2.75) is 71.6 Å². The lowest BCUT2D eigenvalue weighted by Crippen LogP contribution is -2.25. The molecule has 0 fully saturated rings. The van der Waals surface area contributed by atoms with Gasteiger partial charge in [0.05, 0.1) is 38.3 Å². The zero-order valence-corrected chi connectivity index (χ0v) is 79.9. The topological polar surface area (TPSA) is 9.86 Å². The average Bonchev–Trinajstić information content (AvgIpc) is 1.51. The highest BCUT2D eigenvalue weighted by Crippen LogP contribution is 2.66. The van der Waals surface area contributed by atoms with E-state index >= 15 is 0 Å². The van der Waals surface area contributed by atoms with Gasteiger partial charge in [0.15, 0.2) is 0 Å². The number of nitrogens with zero attached hydrogens (tertiary/aromatic N) is 2. The molecular formula is C137H108N2. The van der Waals surface area contributed by atoms with Crippen LogP contribution in [0.4, 0.5) is 0 Å². The summed E-state index contributed by atoms with van der Waals surface area (Å²) in [4.78, 5) is 0. The van der Waals surface area contributed by atoms with Crippen molar-refractivity contribution in [1.82, 2.24) is 9.13 Å². The Bertz CT molecular complexity index is 8180. The Balaban J connectivity index is 0.0000000952. The molecule has 29 rings (SSSR count). The van der Waals surface area contributed by atoms with Crippen molar-refractivity contribution in [2.24, 2.45) is 0 Å². The van der Waals surface area contributed by atoms with E-state index in [1.54, 1.807) is 0 Å². The van der Waals surface area contributed by atoms with Crippen LogP contribution in [0.15, 0.2) is 510 Å². The summed E-state index contributed by atoms with van der Waals surface area (Å²) in [6.45, 7) is 17.2. The minimum Gasteiger partial charge on any atom is -0.309 e. The number of benzene rings is 21. The number of para-hydroxylation sites is 5. The van der Waals surface area contributed by atoms with Crippen LogP contribution in [0.3, 0.4) is 0 Å². The minimum atomic E-state index is -0.189. The van der Waals surface area contributed by atoms with Gasteiger partial charge in [0.25, 0.3) is 0 Å². The molecular weight excluding hydrogens is 1670 g/mol. The third-order valence-electron chi connectivity index (χ3n) is 29.1. The fourth-order valence-corrected chi connectivity index (χ4v) is 23.3. The van der Waals surface area contributed by atoms with Crippen LogP contribution >= 0.6 is 0 Å². The lowest BCUT2D eigenvalue weighted by atomic mass is 9.70. The maximum atomic E-state index is 2.40. The largest absolute Gasteiger partial charge is 0.309 e. The van der Waals surface area contributed by atoms with Gasteiger partial charge in [-0.3, -0.25) is 0 Å². The molecule has 0 N–H and O–H groups in total. The van der Waals surface area contributed by atoms with Crippen LogP contribution in [-0.2, 0) is 16.2 Å². The lowest BCUT2D eigenvalue weighted by Gasteiger charge is -2.30. The van der Waals surface area contributed by atoms with Crippen molar-refractivity contribution in [3.05, 3.63) is 621 Å². The molecule has 6 aliphatic rings. The Hall–Kier alpha value is -16.8. The maximum absolute atomic E-state index is 2.40. The molecule has 0 aliphatic heterocycles. The van der Waals surface area contributed by atoms with E-state index in [0.29, 0.717) is 0 Å². The Morgan fingerprint density at radius 3 is 0.835 bits per heavy atom. The summed E-state index contributed by atoms with van der Waals surface area (Å²) in [7, 11) is 0. The van der Waals surface area contributed by atoms with E-state index in [4.69, 9.17) is 0 Å². The highest BCUT2D eigenvalue weighted by atomic mass is 15.0. The van der Waals surface area contributed by atoms with Crippen molar-refractivity contribution in [3.8, 4) is 78.1 Å². The zero-order valence-electron chi connectivity index (χ0n) is 79.9. The normalized spacial score (nSPS) is 12.8. The molecule has 0 bridgehead atoms. The molecule has 0 saturated heterocycles. The molecule has 139 heavy (non-hydrogen) atoms. The summed E-state index contributed by atoms with van der Waals surface area (Å²) in [5, 5.41) is 5.26. The molecule has 666 valence electrons. The number of fused-ring (bicyclic) bond motifs is 36. The Kier molecular flexibility index (Phi) is 23.4. The first-order valence-electron chi connectivity index (χ1n) is 48.7. The van der Waals surface area contributed by atoms with Crippen LogP contribution in [0, 0.1) is 55.4 Å². The van der Waals surface area contributed by atoms with Gasteiger partial charge in [-0.05, 0) is 248 Å². The van der Waals surface area contributed by atoms with Gasteiger partial charge in [-0.15, -0.1) is 0 Å². The smallest absolute Gasteiger partial charge is 0.0725 e. The van der Waals surface area contributed by atoms with Crippen LogP contribution < -0.4 is 0 Å². The van der Waals surface area contributed by atoms with Gasteiger partial charge < -0.3 is 9.13 Å². The molecule has 3 spiro atoms. The average molecular weight is 1780 g/mol. The molecule has 0 amide bonds. The van der Waals surface area contributed by atoms with Crippen molar-refractivity contribution < 1.29 is 0 Å². The lowest BCUT2D eigenvalue weighted by molar-refractivity contribution is 0.792. The quantitative estimate of drug-likeness (QED) is 0.163. The first-order chi connectivity index (χ1) is 68.3. The Morgan fingerprint density at radius 2 is 0.410 bits per heavy atom. The van der Waals surface area contributed by atoms with E-state index < -0.39 is 0 Å². The van der Waals surface area contributed by atoms with E-state index in [1.165, 1.54) is 233 Å². The Labute approximate surface area is 817 Å². The standard InChI is InChI=1S/3C26H18.2C19H15N.3C7H8/c1-17-9-8-16-24-25(17)20-12-4-7-15-23(20)26(24)21-13-5-2-10-18(21)19-11-3-6-14-22(19)26;1-17-14-15-25-21(16-17)20-10-4-7-13-24(20)26(25)22-11-5-2-8-18(22)19-9-3-6-12-23(19)26;1-17-14-15-21-20-10-4-7-13-24(20)26(25(21)16-17)22-11-5-2-8-18(22)19-9-3-6-12-23(19)26;1-14-8-7-12-17-16-11-5-6-13-18(16)20(19(14)17)15-9-3-2-4-10-15;1-14-11-12-17-16-9-5-6-10-18(16)20(19(17)13-14)15-7-3-2-4-8-15;3*1-7-5-3-2-4-6-7/h3*2-16H,1H3;2*2-13H,1H3;3*2-6H,1H3. The molecule has 6 aliphatic carbocycles. The van der Waals surface area contributed by atoms with Crippen LogP contribution in [0.5, 0.6) is 0 Å². The predicted molar refractivity (Wildman–Crippen MR) is 587 cm³/mol. The first kappa shape index (κ1) is 87.6. The monoisotopic (exact) mass is 1780 g/mol. The predicted octanol–water partition coefficient (Wildman–Crippen LogP) is 35.2. The number of aromatic nitrogens is 2. The molecule has 0 unspecified atom stereocenters. The van der Waals surface area contributed by atoms with Gasteiger partial charge in [0.2, 0.25) is 0 Å². The van der Waals surface area contributed by atoms with Gasteiger partial charge in [-0.25, -0.2) is 0 Å². The minimum absolute atomic E-state index is 0.188. The van der Waals surface area contributed by atoms with Gasteiger partial charge in [-0.2, -0.15) is 0 Å². The highest BCUT2D eigenvalue weighted by Gasteiger charge is 2.55. The molecule has 2 heterocycles. The summed E-state index contributed by atoms with van der Waals surface area (Å²) >= 11 is 0. The summed E-state index contributed by atoms with van der Waals surface area (Å²) in [6, 6.07) is 184. The molecule has 21 aromatic carbocycles. The molecule has 2 heteroatoms. The fraction of sp³-hybridized carbons (Fsp3) is 0.0803. The van der Waals surface area contributed by atoms with Gasteiger partial charge >= 0.3 is 0 Å². The SMILES string of the molecule is Cc1ccc2c(c1)-c1ccccc1C21c2ccccc2-c2ccccc21.Cc1ccc2c(c1)C1(c3ccccc3-c3ccccc31)c1ccccc1-2.Cc1ccc2c3ccccc3n(-c3ccccc3)c2c1.Cc1cccc2c1-c1ccccc1C21c2ccccc2-c2ccccc21.Cc1cccc2c3ccccc3n(-c3ccccc3)c12.Cc1ccccc1.Cc1ccccc1.Cc1ccccc1. The fourth-order valence-electron chi connectivity index (χ4n) is 23.3. The van der Waals surface area contributed by atoms with Gasteiger partial charge in [-0.1, -0.05) is 495 Å². The third kappa shape index (κ3) is 15.0. The van der Waals surface area contributed by atoms with Crippen LogP contribution in [0.2, 0.25) is 0 Å². The van der Waals surface area contributed by atoms with E-state index in [-0.39, 0.29) is 16.2 Å². The first-order valence-corrected chi connectivity index (χ1v) is 48.7. The summed E-state index contributed by atoms with van der Waals surface area (Å²) < 4.78 is 4.71. The molecule has 2 aromatic heterocycles. The number of aryl methyl sites for hydroxylation is 8. The zero-order chi connectivity index (χ0) is 94.3. The van der Waals surface area contributed by atoms with Crippen LogP contribution in [-0.4, -0.2) is 9.13 Å². The second-order valence-corrected chi connectivity index (χ2v) is 37.6. The molecule has 0 radical (unpaired) electrons. The number of rotatable bonds is 2. The van der Waals surface area contributed by atoms with E-state index in [2.05, 4.69) is 520 Å². The number of hydrogen-bond donors (Lipinski definition) is 0. The second kappa shape index (κ2) is 37.1. The second-order valence-electron chi connectivity index (χ2n) is 37.6. The van der Waals surface area contributed by atoms with Crippen LogP contribution in [0.25, 0.3) is 122 Å². The van der Waals surface area contributed by atoms with E-state index in [9.17, 15) is 0 Å². The molecule has 23 aromatic rings. The summed E-state index contributed by atoms with van der Waals surface area (Å²) in [6.07, 6.45) is 0. The summed E-state index contributed by atoms with van der Waals surface area (Å²) in [5.41, 5.74) is 51.0. The highest BCUT2D eigenvalue weighted by molar-refractivity contribution is 6.11. The Morgan fingerprint density at radius 1 is 0.144 bits per heavy atom. The number of hydrogen-bond acceptors (Lipinski definition) is 0. The third-order valence-corrected chi connectivity index (χ3v) is 29.1. The van der Waals surface area contributed by atoms with Gasteiger partial charge in [0.1, 0.15) is 0 Å². The molecule has 0 saturated carbocycles. The summed E-state index contributed by atoms with van der Waals surface area (Å²) in [5.74, 6) is 0. The van der Waals surface area contributed by atoms with Crippen molar-refractivity contribution in [1.29, 1.82) is 0 Å². The van der Waals surface area contributed by atoms with E-state index in [0.717, 1.165) is 0 Å². The van der Waals surface area contributed by atoms with Crippen molar-refractivity contribution in [2.75, 3.05) is 0 Å².